The van der Waals surface area contributed by atoms with Crippen LogP contribution in [-0.4, -0.2) is 12.5 Å². The summed E-state index contributed by atoms with van der Waals surface area (Å²) < 4.78 is 0. The third kappa shape index (κ3) is 9.67. The first kappa shape index (κ1) is 20.8. The molecule has 126 valence electrons. The lowest BCUT2D eigenvalue weighted by molar-refractivity contribution is -0.121. The Morgan fingerprint density at radius 3 is 2.50 bits per heavy atom. The molecule has 1 aromatic rings. The van der Waals surface area contributed by atoms with Crippen LogP contribution in [0.5, 0.6) is 0 Å². The summed E-state index contributed by atoms with van der Waals surface area (Å²) in [6.45, 7) is 5.32. The van der Waals surface area contributed by atoms with E-state index in [2.05, 4.69) is 19.2 Å². The lowest BCUT2D eigenvalue weighted by atomic mass is 10.0. The number of anilines is 1. The van der Waals surface area contributed by atoms with Gasteiger partial charge in [-0.15, -0.1) is 12.4 Å². The number of halogens is 1. The molecular weight excluding hydrogens is 296 g/mol. The first-order chi connectivity index (χ1) is 10.1. The van der Waals surface area contributed by atoms with Crippen molar-refractivity contribution in [3.63, 3.8) is 0 Å². The van der Waals surface area contributed by atoms with Crippen molar-refractivity contribution in [3.05, 3.63) is 29.8 Å². The average Bonchev–Trinajstić information content (AvgIpc) is 2.45. The monoisotopic (exact) mass is 326 g/mol. The number of unbranched alkanes of at least 4 members (excludes halogenated alkanes) is 3. The van der Waals surface area contributed by atoms with Crippen LogP contribution in [0, 0.1) is 5.92 Å². The highest BCUT2D eigenvalue weighted by atomic mass is 35.5. The maximum absolute atomic E-state index is 11.8. The van der Waals surface area contributed by atoms with Gasteiger partial charge in [-0.3, -0.25) is 4.79 Å². The summed E-state index contributed by atoms with van der Waals surface area (Å²) in [4.78, 5) is 11.8. The Morgan fingerprint density at radius 2 is 1.82 bits per heavy atom. The molecule has 3 nitrogen and oxygen atoms in total. The van der Waals surface area contributed by atoms with Crippen LogP contribution in [0.4, 0.5) is 5.69 Å². The van der Waals surface area contributed by atoms with E-state index in [0.717, 1.165) is 30.1 Å². The lowest BCUT2D eigenvalue weighted by Gasteiger charge is -2.07. The molecule has 1 amide bonds. The summed E-state index contributed by atoms with van der Waals surface area (Å²) in [7, 11) is 0. The Balaban J connectivity index is 0.00000441. The van der Waals surface area contributed by atoms with E-state index >= 15 is 0 Å². The Bertz CT molecular complexity index is 421. The second-order valence-corrected chi connectivity index (χ2v) is 6.15. The molecule has 0 heterocycles. The number of amides is 1. The van der Waals surface area contributed by atoms with E-state index in [4.69, 9.17) is 5.73 Å². The third-order valence-electron chi connectivity index (χ3n) is 3.71. The summed E-state index contributed by atoms with van der Waals surface area (Å²) in [5.74, 6) is 0.926. The Labute approximate surface area is 141 Å². The highest BCUT2D eigenvalue weighted by molar-refractivity contribution is 5.85. The molecule has 0 unspecified atom stereocenters. The normalized spacial score (nSPS) is 10.3. The molecule has 0 radical (unpaired) electrons. The largest absolute Gasteiger partial charge is 0.399 e. The lowest BCUT2D eigenvalue weighted by Crippen LogP contribution is -2.24. The summed E-state index contributed by atoms with van der Waals surface area (Å²) >= 11 is 0. The molecule has 0 bridgehead atoms. The van der Waals surface area contributed by atoms with Crippen LogP contribution >= 0.6 is 12.4 Å². The van der Waals surface area contributed by atoms with Crippen molar-refractivity contribution in [1.29, 1.82) is 0 Å². The predicted octanol–water partition coefficient (Wildman–Crippen LogP) is 4.35. The number of benzene rings is 1. The fourth-order valence-electron chi connectivity index (χ4n) is 2.36. The van der Waals surface area contributed by atoms with Gasteiger partial charge in [0.05, 0.1) is 0 Å². The molecule has 0 fully saturated rings. The summed E-state index contributed by atoms with van der Waals surface area (Å²) in [5.41, 5.74) is 7.69. The number of carbonyl (C=O) groups is 1. The van der Waals surface area contributed by atoms with Gasteiger partial charge in [0.25, 0.3) is 0 Å². The van der Waals surface area contributed by atoms with Crippen LogP contribution < -0.4 is 11.1 Å². The molecule has 4 heteroatoms. The van der Waals surface area contributed by atoms with Gasteiger partial charge in [0.15, 0.2) is 0 Å². The molecule has 0 atom stereocenters. The number of carbonyl (C=O) groups excluding carboxylic acids is 1. The second kappa shape index (κ2) is 12.3. The van der Waals surface area contributed by atoms with Gasteiger partial charge in [0.1, 0.15) is 0 Å². The van der Waals surface area contributed by atoms with Gasteiger partial charge < -0.3 is 11.1 Å². The van der Waals surface area contributed by atoms with Crippen molar-refractivity contribution in [3.8, 4) is 0 Å². The van der Waals surface area contributed by atoms with Gasteiger partial charge in [0, 0.05) is 18.7 Å². The minimum Gasteiger partial charge on any atom is -0.399 e. The van der Waals surface area contributed by atoms with Crippen LogP contribution in [0.25, 0.3) is 0 Å². The molecule has 0 aliphatic rings. The van der Waals surface area contributed by atoms with Gasteiger partial charge in [-0.25, -0.2) is 0 Å². The van der Waals surface area contributed by atoms with Crippen molar-refractivity contribution in [2.75, 3.05) is 12.3 Å². The zero-order valence-electron chi connectivity index (χ0n) is 13.9. The van der Waals surface area contributed by atoms with Crippen molar-refractivity contribution < 1.29 is 4.79 Å². The number of hydrogen-bond acceptors (Lipinski definition) is 2. The van der Waals surface area contributed by atoms with Crippen molar-refractivity contribution in [2.45, 2.75) is 58.8 Å². The number of nitrogen functional groups attached to an aromatic ring is 1. The first-order valence-corrected chi connectivity index (χ1v) is 8.19. The molecule has 0 aromatic heterocycles. The van der Waals surface area contributed by atoms with E-state index < -0.39 is 0 Å². The Morgan fingerprint density at radius 1 is 1.14 bits per heavy atom. The molecule has 0 saturated carbocycles. The molecule has 22 heavy (non-hydrogen) atoms. The average molecular weight is 327 g/mol. The van der Waals surface area contributed by atoms with E-state index in [1.54, 1.807) is 0 Å². The summed E-state index contributed by atoms with van der Waals surface area (Å²) in [6, 6.07) is 7.74. The van der Waals surface area contributed by atoms with Crippen molar-refractivity contribution in [2.24, 2.45) is 5.92 Å². The van der Waals surface area contributed by atoms with Crippen LogP contribution in [0.2, 0.25) is 0 Å². The number of aryl methyl sites for hydroxylation is 1. The number of hydrogen-bond donors (Lipinski definition) is 2. The highest BCUT2D eigenvalue weighted by Crippen LogP contribution is 2.12. The molecule has 0 spiro atoms. The number of nitrogens with one attached hydrogen (secondary N) is 1. The minimum absolute atomic E-state index is 0. The summed E-state index contributed by atoms with van der Waals surface area (Å²) in [5, 5.41) is 2.99. The molecule has 3 N–H and O–H groups in total. The van der Waals surface area contributed by atoms with E-state index in [0.29, 0.717) is 12.8 Å². The SMILES string of the molecule is CC(C)CCCCCCNC(=O)CCc1ccccc1N.Cl. The zero-order valence-corrected chi connectivity index (χ0v) is 14.8. The number of para-hydroxylation sites is 1. The Kier molecular flexibility index (Phi) is 11.7. The molecule has 0 saturated heterocycles. The number of rotatable bonds is 10. The van der Waals surface area contributed by atoms with E-state index in [1.807, 2.05) is 24.3 Å². The Hall–Kier alpha value is -1.22. The van der Waals surface area contributed by atoms with Gasteiger partial charge in [0.2, 0.25) is 5.91 Å². The second-order valence-electron chi connectivity index (χ2n) is 6.15. The van der Waals surface area contributed by atoms with Crippen molar-refractivity contribution in [1.82, 2.24) is 5.32 Å². The maximum atomic E-state index is 11.8. The van der Waals surface area contributed by atoms with Gasteiger partial charge >= 0.3 is 0 Å². The van der Waals surface area contributed by atoms with E-state index in [1.165, 1.54) is 25.7 Å². The van der Waals surface area contributed by atoms with E-state index in [9.17, 15) is 4.79 Å². The van der Waals surface area contributed by atoms with Gasteiger partial charge in [-0.2, -0.15) is 0 Å². The van der Waals surface area contributed by atoms with Crippen LogP contribution in [0.15, 0.2) is 24.3 Å². The molecular formula is C18H31ClN2O. The van der Waals surface area contributed by atoms with Gasteiger partial charge in [-0.05, 0) is 30.4 Å². The molecule has 0 aliphatic heterocycles. The smallest absolute Gasteiger partial charge is 0.220 e. The fourth-order valence-corrected chi connectivity index (χ4v) is 2.36. The number of nitrogens with two attached hydrogens (primary N) is 1. The predicted molar refractivity (Wildman–Crippen MR) is 97.4 cm³/mol. The van der Waals surface area contributed by atoms with Crippen LogP contribution in [0.1, 0.15) is 57.9 Å². The minimum atomic E-state index is 0. The quantitative estimate of drug-likeness (QED) is 0.496. The maximum Gasteiger partial charge on any atom is 0.220 e. The standard InChI is InChI=1S/C18H30N2O.ClH/c1-15(2)9-5-3-4-8-14-20-18(21)13-12-16-10-6-7-11-17(16)19;/h6-7,10-11,15H,3-5,8-9,12-14,19H2,1-2H3,(H,20,21);1H. The van der Waals surface area contributed by atoms with Crippen LogP contribution in [0.3, 0.4) is 0 Å². The van der Waals surface area contributed by atoms with Crippen molar-refractivity contribution >= 4 is 24.0 Å². The molecule has 1 rings (SSSR count). The fraction of sp³-hybridized carbons (Fsp3) is 0.611. The van der Waals surface area contributed by atoms with E-state index in [-0.39, 0.29) is 18.3 Å². The highest BCUT2D eigenvalue weighted by Gasteiger charge is 2.03. The van der Waals surface area contributed by atoms with Crippen LogP contribution in [-0.2, 0) is 11.2 Å². The van der Waals surface area contributed by atoms with Gasteiger partial charge in [-0.1, -0.05) is 57.7 Å². The third-order valence-corrected chi connectivity index (χ3v) is 3.71. The molecule has 1 aromatic carbocycles. The topological polar surface area (TPSA) is 55.1 Å². The zero-order chi connectivity index (χ0) is 15.5. The summed E-state index contributed by atoms with van der Waals surface area (Å²) in [6.07, 6.45) is 7.41. The first-order valence-electron chi connectivity index (χ1n) is 8.19. The molecule has 0 aliphatic carbocycles.